The monoisotopic (exact) mass is 537 g/mol. The molecular weight excluding hydrogens is 464 g/mol. The van der Waals surface area contributed by atoms with Crippen LogP contribution in [0.4, 0.5) is 0 Å². The molecule has 0 heterocycles. The first-order valence-corrected chi connectivity index (χ1v) is 18.0. The van der Waals surface area contributed by atoms with Crippen molar-refractivity contribution < 1.29 is 10.2 Å². The summed E-state index contributed by atoms with van der Waals surface area (Å²) in [4.78, 5) is 0. The lowest BCUT2D eigenvalue weighted by molar-refractivity contribution is 0.0580. The molecule has 1 saturated carbocycles. The van der Waals surface area contributed by atoms with E-state index in [-0.39, 0.29) is 0 Å². The summed E-state index contributed by atoms with van der Waals surface area (Å²) in [5, 5.41) is 18.3. The number of aliphatic hydroxyl groups excluding tert-OH is 2. The van der Waals surface area contributed by atoms with E-state index in [0.717, 1.165) is 36.5 Å². The van der Waals surface area contributed by atoms with Gasteiger partial charge in [-0.15, -0.1) is 0 Å². The van der Waals surface area contributed by atoms with Gasteiger partial charge in [-0.1, -0.05) is 155 Å². The molecule has 4 unspecified atom stereocenters. The van der Waals surface area contributed by atoms with E-state index in [2.05, 4.69) is 13.8 Å². The van der Waals surface area contributed by atoms with E-state index < -0.39 is 0 Å². The minimum Gasteiger partial charge on any atom is -0.396 e. The molecular formula is C36H72O2. The minimum atomic E-state index is 0.365. The summed E-state index contributed by atoms with van der Waals surface area (Å²) in [7, 11) is 0. The molecule has 0 aromatic carbocycles. The second kappa shape index (κ2) is 27.1. The maximum atomic E-state index is 9.18. The van der Waals surface area contributed by atoms with E-state index in [4.69, 9.17) is 5.11 Å². The molecule has 1 fully saturated rings. The molecule has 1 rings (SSSR count). The predicted octanol–water partition coefficient (Wildman–Crippen LogP) is 11.4. The number of hydrogen-bond acceptors (Lipinski definition) is 2. The highest BCUT2D eigenvalue weighted by atomic mass is 16.3. The van der Waals surface area contributed by atoms with Crippen LogP contribution in [0.5, 0.6) is 0 Å². The molecule has 0 aromatic rings. The first-order valence-electron chi connectivity index (χ1n) is 18.0. The van der Waals surface area contributed by atoms with Gasteiger partial charge < -0.3 is 10.2 Å². The molecule has 1 aliphatic carbocycles. The van der Waals surface area contributed by atoms with Gasteiger partial charge in [-0.3, -0.25) is 0 Å². The molecule has 4 atom stereocenters. The second-order valence-corrected chi connectivity index (χ2v) is 13.1. The summed E-state index contributed by atoms with van der Waals surface area (Å²) in [6.07, 6.45) is 38.8. The smallest absolute Gasteiger partial charge is 0.0431 e. The van der Waals surface area contributed by atoms with Crippen molar-refractivity contribution in [3.63, 3.8) is 0 Å². The Labute approximate surface area is 240 Å². The number of hydrogen-bond donors (Lipinski definition) is 2. The van der Waals surface area contributed by atoms with E-state index in [9.17, 15) is 5.11 Å². The highest BCUT2D eigenvalue weighted by Gasteiger charge is 2.37. The van der Waals surface area contributed by atoms with Crippen LogP contribution in [-0.4, -0.2) is 23.4 Å². The van der Waals surface area contributed by atoms with Gasteiger partial charge in [0.15, 0.2) is 0 Å². The van der Waals surface area contributed by atoms with Gasteiger partial charge in [0.1, 0.15) is 0 Å². The summed E-state index contributed by atoms with van der Waals surface area (Å²) in [6.45, 7) is 5.39. The lowest BCUT2D eigenvalue weighted by atomic mass is 9.61. The fraction of sp³-hybridized carbons (Fsp3) is 1.00. The molecule has 228 valence electrons. The first kappa shape index (κ1) is 35.9. The highest BCUT2D eigenvalue weighted by Crippen LogP contribution is 2.47. The normalized spacial score (nSPS) is 21.8. The molecule has 2 heteroatoms. The molecule has 2 N–H and O–H groups in total. The molecule has 0 bridgehead atoms. The predicted molar refractivity (Wildman–Crippen MR) is 169 cm³/mol. The fourth-order valence-corrected chi connectivity index (χ4v) is 7.59. The van der Waals surface area contributed by atoms with Crippen molar-refractivity contribution in [1.29, 1.82) is 0 Å². The van der Waals surface area contributed by atoms with Crippen molar-refractivity contribution >= 4 is 0 Å². The van der Waals surface area contributed by atoms with Crippen LogP contribution in [0.2, 0.25) is 0 Å². The maximum Gasteiger partial charge on any atom is 0.0431 e. The molecule has 0 amide bonds. The third-order valence-electron chi connectivity index (χ3n) is 9.92. The van der Waals surface area contributed by atoms with Crippen LogP contribution in [-0.2, 0) is 0 Å². The van der Waals surface area contributed by atoms with Crippen molar-refractivity contribution in [1.82, 2.24) is 0 Å². The largest absolute Gasteiger partial charge is 0.396 e. The van der Waals surface area contributed by atoms with Crippen molar-refractivity contribution in [2.24, 2.45) is 23.7 Å². The molecule has 0 radical (unpaired) electrons. The van der Waals surface area contributed by atoms with Crippen molar-refractivity contribution in [2.75, 3.05) is 13.2 Å². The van der Waals surface area contributed by atoms with Gasteiger partial charge >= 0.3 is 0 Å². The Kier molecular flexibility index (Phi) is 25.6. The van der Waals surface area contributed by atoms with Gasteiger partial charge in [-0.25, -0.2) is 0 Å². The van der Waals surface area contributed by atoms with Crippen LogP contribution in [0.15, 0.2) is 0 Å². The summed E-state index contributed by atoms with van der Waals surface area (Å²) in [5.41, 5.74) is 0. The summed E-state index contributed by atoms with van der Waals surface area (Å²) >= 11 is 0. The van der Waals surface area contributed by atoms with E-state index in [0.29, 0.717) is 13.2 Å². The zero-order chi connectivity index (χ0) is 27.5. The Balaban J connectivity index is 2.71. The van der Waals surface area contributed by atoms with Crippen LogP contribution in [0.3, 0.4) is 0 Å². The van der Waals surface area contributed by atoms with Crippen molar-refractivity contribution in [3.05, 3.63) is 0 Å². The molecule has 2 nitrogen and oxygen atoms in total. The van der Waals surface area contributed by atoms with Gasteiger partial charge in [0.2, 0.25) is 0 Å². The standard InChI is InChI=1S/C36H72O2/c1-3-5-7-9-13-19-25-33-29-30-34(26-20-16-18-24-32-38)35(27-21-14-10-8-6-4-2)36(33)28-22-15-11-12-17-23-31-37/h33-38H,3-32H2,1-2H3. The number of aliphatic hydroxyl groups is 2. The van der Waals surface area contributed by atoms with Crippen LogP contribution >= 0.6 is 0 Å². The zero-order valence-corrected chi connectivity index (χ0v) is 26.4. The van der Waals surface area contributed by atoms with E-state index in [1.807, 2.05) is 0 Å². The third kappa shape index (κ3) is 18.3. The topological polar surface area (TPSA) is 40.5 Å². The number of rotatable bonds is 28. The minimum absolute atomic E-state index is 0.365. The summed E-state index contributed by atoms with van der Waals surface area (Å²) in [5.74, 6) is 3.92. The summed E-state index contributed by atoms with van der Waals surface area (Å²) < 4.78 is 0. The van der Waals surface area contributed by atoms with Gasteiger partial charge in [0, 0.05) is 13.2 Å². The number of unbranched alkanes of at least 4 members (excludes halogenated alkanes) is 18. The first-order chi connectivity index (χ1) is 18.8. The van der Waals surface area contributed by atoms with Gasteiger partial charge in [0.05, 0.1) is 0 Å². The van der Waals surface area contributed by atoms with Gasteiger partial charge in [-0.2, -0.15) is 0 Å². The van der Waals surface area contributed by atoms with E-state index in [1.165, 1.54) is 167 Å². The average molecular weight is 537 g/mol. The van der Waals surface area contributed by atoms with Crippen molar-refractivity contribution in [3.8, 4) is 0 Å². The maximum absolute atomic E-state index is 9.18. The highest BCUT2D eigenvalue weighted by molar-refractivity contribution is 4.88. The Morgan fingerprint density at radius 1 is 0.368 bits per heavy atom. The van der Waals surface area contributed by atoms with Crippen LogP contribution in [0.25, 0.3) is 0 Å². The zero-order valence-electron chi connectivity index (χ0n) is 26.4. The molecule has 1 aliphatic rings. The van der Waals surface area contributed by atoms with Crippen LogP contribution in [0.1, 0.15) is 194 Å². The van der Waals surface area contributed by atoms with E-state index in [1.54, 1.807) is 0 Å². The van der Waals surface area contributed by atoms with Crippen molar-refractivity contribution in [2.45, 2.75) is 194 Å². The Morgan fingerprint density at radius 3 is 1.00 bits per heavy atom. The molecule has 0 spiro atoms. The second-order valence-electron chi connectivity index (χ2n) is 13.1. The average Bonchev–Trinajstić information content (AvgIpc) is 2.93. The fourth-order valence-electron chi connectivity index (χ4n) is 7.59. The molecule has 0 aromatic heterocycles. The van der Waals surface area contributed by atoms with E-state index >= 15 is 0 Å². The lowest BCUT2D eigenvalue weighted by Crippen LogP contribution is -2.35. The Bertz CT molecular complexity index is 464. The lowest BCUT2D eigenvalue weighted by Gasteiger charge is -2.44. The van der Waals surface area contributed by atoms with Crippen LogP contribution < -0.4 is 0 Å². The molecule has 0 aliphatic heterocycles. The molecule has 0 saturated heterocycles. The SMILES string of the molecule is CCCCCCCCC1CCC(CCCCCCO)C(CCCCCCCC)C1CCCCCCCCO. The van der Waals surface area contributed by atoms with Gasteiger partial charge in [0.25, 0.3) is 0 Å². The Hall–Kier alpha value is -0.0800. The van der Waals surface area contributed by atoms with Gasteiger partial charge in [-0.05, 0) is 62.2 Å². The van der Waals surface area contributed by atoms with Crippen LogP contribution in [0, 0.1) is 23.7 Å². The molecule has 38 heavy (non-hydrogen) atoms. The summed E-state index contributed by atoms with van der Waals surface area (Å²) in [6, 6.07) is 0. The Morgan fingerprint density at radius 2 is 0.658 bits per heavy atom. The quantitative estimate of drug-likeness (QED) is 0.0976. The third-order valence-corrected chi connectivity index (χ3v) is 9.92.